The van der Waals surface area contributed by atoms with Gasteiger partial charge in [-0.2, -0.15) is 0 Å². The molecule has 1 unspecified atom stereocenters. The Labute approximate surface area is 93.9 Å². The van der Waals surface area contributed by atoms with Crippen molar-refractivity contribution >= 4 is 0 Å². The highest BCUT2D eigenvalue weighted by molar-refractivity contribution is 5.25. The van der Waals surface area contributed by atoms with Gasteiger partial charge in [-0.3, -0.25) is 0 Å². The van der Waals surface area contributed by atoms with Crippen molar-refractivity contribution in [2.24, 2.45) is 0 Å². The van der Waals surface area contributed by atoms with E-state index >= 15 is 0 Å². The first-order valence-electron chi connectivity index (χ1n) is 6.01. The van der Waals surface area contributed by atoms with Crippen molar-refractivity contribution in [1.29, 1.82) is 0 Å². The Kier molecular flexibility index (Phi) is 5.41. The van der Waals surface area contributed by atoms with Crippen molar-refractivity contribution in [3.63, 3.8) is 0 Å². The highest BCUT2D eigenvalue weighted by Crippen LogP contribution is 2.19. The Morgan fingerprint density at radius 3 is 2.40 bits per heavy atom. The fourth-order valence-electron chi connectivity index (χ4n) is 1.83. The fourth-order valence-corrected chi connectivity index (χ4v) is 1.83. The van der Waals surface area contributed by atoms with Gasteiger partial charge in [-0.15, -0.1) is 0 Å². The van der Waals surface area contributed by atoms with Crippen LogP contribution in [-0.2, 0) is 6.42 Å². The zero-order valence-electron chi connectivity index (χ0n) is 10.2. The number of nitrogens with one attached hydrogen (secondary N) is 1. The molecule has 1 atom stereocenters. The Morgan fingerprint density at radius 1 is 1.20 bits per heavy atom. The van der Waals surface area contributed by atoms with Crippen molar-refractivity contribution in [3.8, 4) is 0 Å². The second-order valence-corrected chi connectivity index (χ2v) is 4.28. The molecule has 0 fully saturated rings. The van der Waals surface area contributed by atoms with Gasteiger partial charge in [-0.25, -0.2) is 0 Å². The van der Waals surface area contributed by atoms with Crippen LogP contribution in [-0.4, -0.2) is 13.6 Å². The second-order valence-electron chi connectivity index (χ2n) is 4.28. The lowest BCUT2D eigenvalue weighted by molar-refractivity contribution is 0.636. The minimum Gasteiger partial charge on any atom is -0.320 e. The lowest BCUT2D eigenvalue weighted by atomic mass is 9.96. The van der Waals surface area contributed by atoms with E-state index in [1.807, 2.05) is 7.05 Å². The molecule has 84 valence electrons. The molecule has 1 heteroatoms. The normalized spacial score (nSPS) is 12.7. The van der Waals surface area contributed by atoms with Gasteiger partial charge in [-0.1, -0.05) is 44.5 Å². The molecular weight excluding hydrogens is 182 g/mol. The summed E-state index contributed by atoms with van der Waals surface area (Å²) in [6.07, 6.45) is 3.64. The molecule has 0 aliphatic heterocycles. The van der Waals surface area contributed by atoms with Crippen molar-refractivity contribution < 1.29 is 0 Å². The van der Waals surface area contributed by atoms with Crippen LogP contribution in [0.1, 0.15) is 43.7 Å². The molecule has 1 nitrogen and oxygen atoms in total. The zero-order valence-corrected chi connectivity index (χ0v) is 10.2. The van der Waals surface area contributed by atoms with Gasteiger partial charge in [0, 0.05) is 0 Å². The summed E-state index contributed by atoms with van der Waals surface area (Å²) in [4.78, 5) is 0. The van der Waals surface area contributed by atoms with Gasteiger partial charge in [0.05, 0.1) is 0 Å². The summed E-state index contributed by atoms with van der Waals surface area (Å²) >= 11 is 0. The van der Waals surface area contributed by atoms with Crippen molar-refractivity contribution in [2.45, 2.75) is 39.0 Å². The van der Waals surface area contributed by atoms with Crippen LogP contribution in [0.2, 0.25) is 0 Å². The molecule has 0 spiro atoms. The molecule has 0 bridgehead atoms. The molecule has 1 N–H and O–H groups in total. The molecule has 0 saturated carbocycles. The maximum absolute atomic E-state index is 3.20. The van der Waals surface area contributed by atoms with Crippen molar-refractivity contribution in [3.05, 3.63) is 35.4 Å². The Morgan fingerprint density at radius 2 is 1.87 bits per heavy atom. The molecule has 0 saturated heterocycles. The Hall–Kier alpha value is -0.820. The number of aryl methyl sites for hydroxylation is 1. The lowest BCUT2D eigenvalue weighted by Crippen LogP contribution is -2.10. The number of hydrogen-bond acceptors (Lipinski definition) is 1. The summed E-state index contributed by atoms with van der Waals surface area (Å²) in [5.41, 5.74) is 2.92. The van der Waals surface area contributed by atoms with E-state index in [-0.39, 0.29) is 0 Å². The van der Waals surface area contributed by atoms with Crippen molar-refractivity contribution in [2.75, 3.05) is 13.6 Å². The number of benzene rings is 1. The summed E-state index contributed by atoms with van der Waals surface area (Å²) in [6, 6.07) is 9.11. The molecule has 0 radical (unpaired) electrons. The number of hydrogen-bond donors (Lipinski definition) is 1. The summed E-state index contributed by atoms with van der Waals surface area (Å²) < 4.78 is 0. The van der Waals surface area contributed by atoms with Gasteiger partial charge < -0.3 is 5.32 Å². The lowest BCUT2D eigenvalue weighted by Gasteiger charge is -2.12. The molecule has 1 aromatic rings. The van der Waals surface area contributed by atoms with E-state index in [1.165, 1.54) is 30.4 Å². The van der Waals surface area contributed by atoms with Gasteiger partial charge >= 0.3 is 0 Å². The first-order chi connectivity index (χ1) is 7.27. The SMILES string of the molecule is CCCc1ccc(C(C)CCNC)cc1. The summed E-state index contributed by atoms with van der Waals surface area (Å²) in [5, 5.41) is 3.20. The predicted molar refractivity (Wildman–Crippen MR) is 67.4 cm³/mol. The maximum atomic E-state index is 3.20. The maximum Gasteiger partial charge on any atom is -0.00462 e. The minimum absolute atomic E-state index is 0.660. The van der Waals surface area contributed by atoms with Gasteiger partial charge in [0.1, 0.15) is 0 Å². The molecular formula is C14H23N. The predicted octanol–water partition coefficient (Wildman–Crippen LogP) is 3.35. The van der Waals surface area contributed by atoms with E-state index in [9.17, 15) is 0 Å². The quantitative estimate of drug-likeness (QED) is 0.751. The second kappa shape index (κ2) is 6.62. The third-order valence-corrected chi connectivity index (χ3v) is 2.91. The molecule has 1 rings (SSSR count). The number of rotatable bonds is 6. The van der Waals surface area contributed by atoms with Crippen LogP contribution in [0.3, 0.4) is 0 Å². The van der Waals surface area contributed by atoms with Gasteiger partial charge in [0.15, 0.2) is 0 Å². The van der Waals surface area contributed by atoms with Crippen LogP contribution in [0.4, 0.5) is 0 Å². The summed E-state index contributed by atoms with van der Waals surface area (Å²) in [6.45, 7) is 5.62. The van der Waals surface area contributed by atoms with E-state index in [0.717, 1.165) is 6.54 Å². The van der Waals surface area contributed by atoms with E-state index in [0.29, 0.717) is 5.92 Å². The molecule has 0 amide bonds. The van der Waals surface area contributed by atoms with E-state index in [2.05, 4.69) is 43.4 Å². The first kappa shape index (κ1) is 12.3. The van der Waals surface area contributed by atoms with Crippen LogP contribution in [0.15, 0.2) is 24.3 Å². The molecule has 0 aromatic heterocycles. The average Bonchev–Trinajstić information content (AvgIpc) is 2.27. The molecule has 0 aliphatic rings. The van der Waals surface area contributed by atoms with Crippen LogP contribution >= 0.6 is 0 Å². The van der Waals surface area contributed by atoms with Crippen LogP contribution in [0.25, 0.3) is 0 Å². The largest absolute Gasteiger partial charge is 0.320 e. The average molecular weight is 205 g/mol. The van der Waals surface area contributed by atoms with E-state index in [1.54, 1.807) is 0 Å². The van der Waals surface area contributed by atoms with Crippen molar-refractivity contribution in [1.82, 2.24) is 5.32 Å². The minimum atomic E-state index is 0.660. The third kappa shape index (κ3) is 4.05. The Balaban J connectivity index is 2.54. The van der Waals surface area contributed by atoms with Crippen LogP contribution < -0.4 is 5.32 Å². The first-order valence-corrected chi connectivity index (χ1v) is 6.01. The molecule has 0 aliphatic carbocycles. The fraction of sp³-hybridized carbons (Fsp3) is 0.571. The Bertz CT molecular complexity index is 263. The molecule has 1 aromatic carbocycles. The van der Waals surface area contributed by atoms with E-state index in [4.69, 9.17) is 0 Å². The van der Waals surface area contributed by atoms with E-state index < -0.39 is 0 Å². The summed E-state index contributed by atoms with van der Waals surface area (Å²) in [5.74, 6) is 0.660. The highest BCUT2D eigenvalue weighted by Gasteiger charge is 2.04. The van der Waals surface area contributed by atoms with Crippen LogP contribution in [0.5, 0.6) is 0 Å². The molecule has 15 heavy (non-hydrogen) atoms. The molecule has 0 heterocycles. The smallest absolute Gasteiger partial charge is 0.00462 e. The van der Waals surface area contributed by atoms with Gasteiger partial charge in [0.2, 0.25) is 0 Å². The zero-order chi connectivity index (χ0) is 11.1. The van der Waals surface area contributed by atoms with Crippen LogP contribution in [0, 0.1) is 0 Å². The highest BCUT2D eigenvalue weighted by atomic mass is 14.8. The van der Waals surface area contributed by atoms with Gasteiger partial charge in [-0.05, 0) is 43.5 Å². The third-order valence-electron chi connectivity index (χ3n) is 2.91. The van der Waals surface area contributed by atoms with Gasteiger partial charge in [0.25, 0.3) is 0 Å². The standard InChI is InChI=1S/C14H23N/c1-4-5-13-6-8-14(9-7-13)12(2)10-11-15-3/h6-9,12,15H,4-5,10-11H2,1-3H3. The summed E-state index contributed by atoms with van der Waals surface area (Å²) in [7, 11) is 2.01. The monoisotopic (exact) mass is 205 g/mol. The topological polar surface area (TPSA) is 12.0 Å².